The van der Waals surface area contributed by atoms with Crippen LogP contribution in [0.25, 0.3) is 0 Å². The van der Waals surface area contributed by atoms with Crippen LogP contribution in [-0.2, 0) is 9.53 Å². The Morgan fingerprint density at radius 3 is 2.67 bits per heavy atom. The van der Waals surface area contributed by atoms with Crippen molar-refractivity contribution >= 4 is 28.5 Å². The lowest BCUT2D eigenvalue weighted by molar-refractivity contribution is -0.154. The summed E-state index contributed by atoms with van der Waals surface area (Å²) in [7, 11) is 0. The number of ether oxygens (including phenoxy) is 1. The predicted molar refractivity (Wildman–Crippen MR) is 53.4 cm³/mol. The second kappa shape index (κ2) is 3.49. The fourth-order valence-electron chi connectivity index (χ4n) is 1.55. The van der Waals surface area contributed by atoms with Gasteiger partial charge in [-0.2, -0.15) is 0 Å². The molecule has 0 aliphatic carbocycles. The third-order valence-electron chi connectivity index (χ3n) is 2.42. The van der Waals surface area contributed by atoms with Crippen molar-refractivity contribution < 1.29 is 9.53 Å². The average Bonchev–Trinajstić information content (AvgIpc) is 2.31. The molecule has 2 fully saturated rings. The Kier molecular flexibility index (Phi) is 2.55. The van der Waals surface area contributed by atoms with E-state index in [4.69, 9.17) is 4.74 Å². The van der Waals surface area contributed by atoms with Crippen molar-refractivity contribution in [3.05, 3.63) is 0 Å². The monoisotopic (exact) mass is 281 g/mol. The van der Waals surface area contributed by atoms with E-state index in [9.17, 15) is 4.79 Å². The van der Waals surface area contributed by atoms with Gasteiger partial charge < -0.3 is 9.64 Å². The lowest BCUT2D eigenvalue weighted by Crippen LogP contribution is -2.44. The molecule has 2 rings (SSSR count). The summed E-state index contributed by atoms with van der Waals surface area (Å²) in [6.45, 7) is 2.60. The Morgan fingerprint density at radius 1 is 1.50 bits per heavy atom. The highest BCUT2D eigenvalue weighted by molar-refractivity contribution is 14.1. The summed E-state index contributed by atoms with van der Waals surface area (Å²) < 4.78 is 5.79. The maximum Gasteiger partial charge on any atom is 0.251 e. The van der Waals surface area contributed by atoms with Gasteiger partial charge >= 0.3 is 0 Å². The molecule has 0 aromatic carbocycles. The molecule has 0 aromatic heterocycles. The fourth-order valence-corrected chi connectivity index (χ4v) is 2.31. The molecule has 0 spiro atoms. The SMILES string of the molecule is O=C(C1CCO1)N1CCC(I)C1. The van der Waals surface area contributed by atoms with Crippen LogP contribution in [0.15, 0.2) is 0 Å². The number of alkyl halides is 1. The first-order valence-electron chi connectivity index (χ1n) is 4.32. The molecule has 2 aliphatic rings. The van der Waals surface area contributed by atoms with Crippen molar-refractivity contribution in [2.75, 3.05) is 19.7 Å². The van der Waals surface area contributed by atoms with E-state index in [0.717, 1.165) is 32.5 Å². The maximum absolute atomic E-state index is 11.6. The van der Waals surface area contributed by atoms with Crippen LogP contribution < -0.4 is 0 Å². The molecule has 0 aromatic rings. The summed E-state index contributed by atoms with van der Waals surface area (Å²) in [4.78, 5) is 13.5. The normalized spacial score (nSPS) is 34.9. The number of hydrogen-bond donors (Lipinski definition) is 0. The van der Waals surface area contributed by atoms with Gasteiger partial charge in [-0.1, -0.05) is 22.6 Å². The van der Waals surface area contributed by atoms with Crippen LogP contribution in [0.2, 0.25) is 0 Å². The quantitative estimate of drug-likeness (QED) is 0.526. The van der Waals surface area contributed by atoms with E-state index in [1.807, 2.05) is 4.90 Å². The van der Waals surface area contributed by atoms with Crippen LogP contribution in [0.3, 0.4) is 0 Å². The van der Waals surface area contributed by atoms with E-state index in [1.165, 1.54) is 0 Å². The Balaban J connectivity index is 1.87. The summed E-state index contributed by atoms with van der Waals surface area (Å²) in [5, 5.41) is 0. The van der Waals surface area contributed by atoms with Crippen molar-refractivity contribution in [2.24, 2.45) is 0 Å². The van der Waals surface area contributed by atoms with Crippen LogP contribution in [0.1, 0.15) is 12.8 Å². The highest BCUT2D eigenvalue weighted by Crippen LogP contribution is 2.21. The van der Waals surface area contributed by atoms with Crippen molar-refractivity contribution in [1.82, 2.24) is 4.90 Å². The van der Waals surface area contributed by atoms with Gasteiger partial charge in [0.1, 0.15) is 6.10 Å². The maximum atomic E-state index is 11.6. The summed E-state index contributed by atoms with van der Waals surface area (Å²) in [5.41, 5.74) is 0. The number of nitrogens with zero attached hydrogens (tertiary/aromatic N) is 1. The fraction of sp³-hybridized carbons (Fsp3) is 0.875. The van der Waals surface area contributed by atoms with Crippen molar-refractivity contribution in [3.8, 4) is 0 Å². The second-order valence-electron chi connectivity index (χ2n) is 3.32. The zero-order valence-electron chi connectivity index (χ0n) is 6.83. The minimum atomic E-state index is -0.105. The third-order valence-corrected chi connectivity index (χ3v) is 3.43. The van der Waals surface area contributed by atoms with Gasteiger partial charge in [-0.25, -0.2) is 0 Å². The highest BCUT2D eigenvalue weighted by Gasteiger charge is 2.33. The van der Waals surface area contributed by atoms with Gasteiger partial charge in [-0.15, -0.1) is 0 Å². The molecule has 2 heterocycles. The number of hydrogen-bond acceptors (Lipinski definition) is 2. The van der Waals surface area contributed by atoms with Crippen LogP contribution in [0, 0.1) is 0 Å². The molecule has 0 N–H and O–H groups in total. The van der Waals surface area contributed by atoms with Gasteiger partial charge in [0.05, 0.1) is 6.61 Å². The first-order chi connectivity index (χ1) is 5.77. The molecule has 2 aliphatic heterocycles. The summed E-state index contributed by atoms with van der Waals surface area (Å²) in [5.74, 6) is 0.209. The van der Waals surface area contributed by atoms with Gasteiger partial charge in [0, 0.05) is 23.4 Å². The van der Waals surface area contributed by atoms with Gasteiger partial charge in [-0.05, 0) is 6.42 Å². The minimum absolute atomic E-state index is 0.105. The minimum Gasteiger partial charge on any atom is -0.368 e. The predicted octanol–water partition coefficient (Wildman–Crippen LogP) is 0.811. The Morgan fingerprint density at radius 2 is 2.25 bits per heavy atom. The standard InChI is InChI=1S/C8H12INO2/c9-6-1-3-10(5-6)8(11)7-2-4-12-7/h6-7H,1-5H2. The molecule has 2 saturated heterocycles. The largest absolute Gasteiger partial charge is 0.368 e. The van der Waals surface area contributed by atoms with Crippen LogP contribution in [0.4, 0.5) is 0 Å². The summed E-state index contributed by atoms with van der Waals surface area (Å²) in [6.07, 6.45) is 1.95. The molecule has 1 amide bonds. The van der Waals surface area contributed by atoms with Crippen molar-refractivity contribution in [3.63, 3.8) is 0 Å². The van der Waals surface area contributed by atoms with E-state index in [1.54, 1.807) is 0 Å². The highest BCUT2D eigenvalue weighted by atomic mass is 127. The third kappa shape index (κ3) is 1.59. The second-order valence-corrected chi connectivity index (χ2v) is 5.08. The van der Waals surface area contributed by atoms with Crippen LogP contribution >= 0.6 is 22.6 Å². The molecule has 0 radical (unpaired) electrons. The van der Waals surface area contributed by atoms with Gasteiger partial charge in [0.25, 0.3) is 5.91 Å². The Hall–Kier alpha value is 0.160. The molecule has 68 valence electrons. The molecule has 12 heavy (non-hydrogen) atoms. The van der Waals surface area contributed by atoms with E-state index in [2.05, 4.69) is 22.6 Å². The molecule has 0 bridgehead atoms. The number of halogens is 1. The number of likely N-dealkylation sites (tertiary alicyclic amines) is 1. The first kappa shape index (κ1) is 8.74. The molecule has 4 heteroatoms. The van der Waals surface area contributed by atoms with Crippen LogP contribution in [0.5, 0.6) is 0 Å². The van der Waals surface area contributed by atoms with E-state index in [0.29, 0.717) is 3.92 Å². The molecular weight excluding hydrogens is 269 g/mol. The zero-order valence-corrected chi connectivity index (χ0v) is 8.99. The molecule has 2 unspecified atom stereocenters. The van der Waals surface area contributed by atoms with Crippen molar-refractivity contribution in [1.29, 1.82) is 0 Å². The Labute approximate surface area is 85.6 Å². The lowest BCUT2D eigenvalue weighted by Gasteiger charge is -2.29. The summed E-state index contributed by atoms with van der Waals surface area (Å²) in [6, 6.07) is 0. The molecule has 3 nitrogen and oxygen atoms in total. The van der Waals surface area contributed by atoms with E-state index >= 15 is 0 Å². The molecule has 0 saturated carbocycles. The number of carbonyl (C=O) groups is 1. The van der Waals surface area contributed by atoms with Gasteiger partial charge in [0.2, 0.25) is 0 Å². The topological polar surface area (TPSA) is 29.5 Å². The average molecular weight is 281 g/mol. The summed E-state index contributed by atoms with van der Waals surface area (Å²) >= 11 is 2.40. The zero-order chi connectivity index (χ0) is 8.55. The van der Waals surface area contributed by atoms with Gasteiger partial charge in [0.15, 0.2) is 0 Å². The Bertz CT molecular complexity index is 193. The van der Waals surface area contributed by atoms with Gasteiger partial charge in [-0.3, -0.25) is 4.79 Å². The van der Waals surface area contributed by atoms with E-state index in [-0.39, 0.29) is 12.0 Å². The van der Waals surface area contributed by atoms with Crippen molar-refractivity contribution in [2.45, 2.75) is 22.9 Å². The molecular formula is C8H12INO2. The number of carbonyl (C=O) groups excluding carboxylic acids is 1. The number of rotatable bonds is 1. The first-order valence-corrected chi connectivity index (χ1v) is 5.56. The van der Waals surface area contributed by atoms with E-state index < -0.39 is 0 Å². The lowest BCUT2D eigenvalue weighted by atomic mass is 10.1. The molecule has 2 atom stereocenters. The van der Waals surface area contributed by atoms with Crippen LogP contribution in [-0.4, -0.2) is 40.5 Å². The number of amides is 1. The smallest absolute Gasteiger partial charge is 0.251 e.